The maximum atomic E-state index is 11.7. The van der Waals surface area contributed by atoms with Gasteiger partial charge in [0.05, 0.1) is 0 Å². The first kappa shape index (κ1) is 13.0. The second-order valence-electron chi connectivity index (χ2n) is 3.80. The van der Waals surface area contributed by atoms with E-state index in [-0.39, 0.29) is 11.8 Å². The predicted molar refractivity (Wildman–Crippen MR) is 66.7 cm³/mol. The zero-order valence-electron chi connectivity index (χ0n) is 10.3. The quantitative estimate of drug-likeness (QED) is 0.766. The maximum Gasteiger partial charge on any atom is 0.269 e. The number of nitrogens with one attached hydrogen (secondary N) is 2. The molecule has 5 nitrogen and oxygen atoms in total. The third-order valence-electron chi connectivity index (χ3n) is 2.26. The normalized spacial score (nSPS) is 9.59. The molecule has 0 heterocycles. The minimum absolute atomic E-state index is 0.220. The molecule has 1 aromatic rings. The van der Waals surface area contributed by atoms with Gasteiger partial charge in [-0.05, 0) is 18.2 Å². The van der Waals surface area contributed by atoms with Crippen LogP contribution in [0.3, 0.4) is 0 Å². The fourth-order valence-electron chi connectivity index (χ4n) is 1.21. The molecule has 0 spiro atoms. The van der Waals surface area contributed by atoms with Crippen molar-refractivity contribution in [3.63, 3.8) is 0 Å². The Kier molecular flexibility index (Phi) is 4.51. The van der Waals surface area contributed by atoms with E-state index in [9.17, 15) is 9.59 Å². The predicted octanol–water partition coefficient (Wildman–Crippen LogP) is 0.924. The molecule has 92 valence electrons. The van der Waals surface area contributed by atoms with Crippen LogP contribution in [0.4, 0.5) is 5.69 Å². The minimum Gasteiger partial charge on any atom is -0.378 e. The molecule has 0 bridgehead atoms. The molecule has 0 fully saturated rings. The van der Waals surface area contributed by atoms with Crippen molar-refractivity contribution in [2.75, 3.05) is 19.0 Å². The highest BCUT2D eigenvalue weighted by atomic mass is 16.2. The first-order valence-electron chi connectivity index (χ1n) is 5.41. The molecule has 5 heteroatoms. The van der Waals surface area contributed by atoms with Crippen LogP contribution in [0.25, 0.3) is 0 Å². The van der Waals surface area contributed by atoms with Crippen LogP contribution < -0.4 is 15.8 Å². The summed E-state index contributed by atoms with van der Waals surface area (Å²) < 4.78 is 0. The van der Waals surface area contributed by atoms with Gasteiger partial charge in [0, 0.05) is 31.8 Å². The van der Waals surface area contributed by atoms with E-state index < -0.39 is 0 Å². The molecule has 1 aromatic carbocycles. The summed E-state index contributed by atoms with van der Waals surface area (Å²) in [4.78, 5) is 24.6. The second-order valence-corrected chi connectivity index (χ2v) is 3.80. The van der Waals surface area contributed by atoms with Gasteiger partial charge >= 0.3 is 0 Å². The SMILES string of the molecule is CCC(=O)NNC(=O)c1cccc(N(C)C)c1. The van der Waals surface area contributed by atoms with E-state index in [4.69, 9.17) is 0 Å². The number of anilines is 1. The van der Waals surface area contributed by atoms with Gasteiger partial charge in [-0.1, -0.05) is 13.0 Å². The van der Waals surface area contributed by atoms with Crippen molar-refractivity contribution in [3.05, 3.63) is 29.8 Å². The van der Waals surface area contributed by atoms with Crippen molar-refractivity contribution >= 4 is 17.5 Å². The minimum atomic E-state index is -0.324. The molecule has 1 rings (SSSR count). The summed E-state index contributed by atoms with van der Waals surface area (Å²) >= 11 is 0. The lowest BCUT2D eigenvalue weighted by Gasteiger charge is -2.13. The number of hydrogen-bond donors (Lipinski definition) is 2. The molecule has 0 saturated carbocycles. The number of carbonyl (C=O) groups is 2. The Balaban J connectivity index is 2.69. The molecule has 0 saturated heterocycles. The largest absolute Gasteiger partial charge is 0.378 e. The fourth-order valence-corrected chi connectivity index (χ4v) is 1.21. The standard InChI is InChI=1S/C12H17N3O2/c1-4-11(16)13-14-12(17)9-6-5-7-10(8-9)15(2)3/h5-8H,4H2,1-3H3,(H,13,16)(H,14,17). The smallest absolute Gasteiger partial charge is 0.269 e. The molecular weight excluding hydrogens is 218 g/mol. The van der Waals surface area contributed by atoms with E-state index in [1.54, 1.807) is 25.1 Å². The highest BCUT2D eigenvalue weighted by Gasteiger charge is 2.07. The first-order valence-corrected chi connectivity index (χ1v) is 5.41. The highest BCUT2D eigenvalue weighted by molar-refractivity contribution is 5.96. The Morgan fingerprint density at radius 2 is 1.94 bits per heavy atom. The van der Waals surface area contributed by atoms with Crippen LogP contribution in [-0.2, 0) is 4.79 Å². The van der Waals surface area contributed by atoms with Crippen molar-refractivity contribution < 1.29 is 9.59 Å². The number of nitrogens with zero attached hydrogens (tertiary/aromatic N) is 1. The molecule has 17 heavy (non-hydrogen) atoms. The van der Waals surface area contributed by atoms with Crippen molar-refractivity contribution in [2.24, 2.45) is 0 Å². The zero-order chi connectivity index (χ0) is 12.8. The van der Waals surface area contributed by atoms with E-state index >= 15 is 0 Å². The molecule has 0 atom stereocenters. The molecule has 0 aliphatic carbocycles. The van der Waals surface area contributed by atoms with E-state index in [0.29, 0.717) is 12.0 Å². The van der Waals surface area contributed by atoms with Gasteiger partial charge in [-0.15, -0.1) is 0 Å². The molecule has 0 radical (unpaired) electrons. The average molecular weight is 235 g/mol. The molecule has 0 aromatic heterocycles. The van der Waals surface area contributed by atoms with E-state index in [2.05, 4.69) is 10.9 Å². The molecular formula is C12H17N3O2. The van der Waals surface area contributed by atoms with Crippen molar-refractivity contribution in [1.29, 1.82) is 0 Å². The van der Waals surface area contributed by atoms with Crippen LogP contribution in [0.2, 0.25) is 0 Å². The topological polar surface area (TPSA) is 61.4 Å². The third kappa shape index (κ3) is 3.79. The summed E-state index contributed by atoms with van der Waals surface area (Å²) in [5.74, 6) is -0.544. The Morgan fingerprint density at radius 3 is 2.53 bits per heavy atom. The van der Waals surface area contributed by atoms with Gasteiger partial charge in [0.2, 0.25) is 5.91 Å². The van der Waals surface area contributed by atoms with Crippen LogP contribution in [0.15, 0.2) is 24.3 Å². The van der Waals surface area contributed by atoms with Crippen molar-refractivity contribution in [1.82, 2.24) is 10.9 Å². The number of benzene rings is 1. The van der Waals surface area contributed by atoms with Gasteiger partial charge in [-0.2, -0.15) is 0 Å². The molecule has 0 aliphatic rings. The highest BCUT2D eigenvalue weighted by Crippen LogP contribution is 2.12. The van der Waals surface area contributed by atoms with E-state index in [0.717, 1.165) is 5.69 Å². The molecule has 2 amide bonds. The Bertz CT molecular complexity index is 416. The van der Waals surface area contributed by atoms with Gasteiger partial charge in [0.1, 0.15) is 0 Å². The monoisotopic (exact) mass is 235 g/mol. The number of hydrazine groups is 1. The van der Waals surface area contributed by atoms with Crippen LogP contribution >= 0.6 is 0 Å². The number of amides is 2. The average Bonchev–Trinajstić information content (AvgIpc) is 2.35. The van der Waals surface area contributed by atoms with Crippen molar-refractivity contribution in [3.8, 4) is 0 Å². The van der Waals surface area contributed by atoms with Crippen LogP contribution in [0, 0.1) is 0 Å². The van der Waals surface area contributed by atoms with Gasteiger partial charge in [0.15, 0.2) is 0 Å². The number of hydrogen-bond acceptors (Lipinski definition) is 3. The lowest BCUT2D eigenvalue weighted by Crippen LogP contribution is -2.41. The molecule has 2 N–H and O–H groups in total. The summed E-state index contributed by atoms with van der Waals surface area (Å²) in [6.07, 6.45) is 0.331. The molecule has 0 aliphatic heterocycles. The lowest BCUT2D eigenvalue weighted by molar-refractivity contribution is -0.121. The first-order chi connectivity index (χ1) is 8.04. The summed E-state index contributed by atoms with van der Waals surface area (Å²) in [6, 6.07) is 7.15. The van der Waals surface area contributed by atoms with Crippen LogP contribution in [0.1, 0.15) is 23.7 Å². The van der Waals surface area contributed by atoms with Gasteiger partial charge in [-0.3, -0.25) is 20.4 Å². The van der Waals surface area contributed by atoms with Crippen LogP contribution in [0.5, 0.6) is 0 Å². The van der Waals surface area contributed by atoms with E-state index in [1.807, 2.05) is 25.1 Å². The van der Waals surface area contributed by atoms with Crippen LogP contribution in [-0.4, -0.2) is 25.9 Å². The Morgan fingerprint density at radius 1 is 1.24 bits per heavy atom. The van der Waals surface area contributed by atoms with Crippen molar-refractivity contribution in [2.45, 2.75) is 13.3 Å². The summed E-state index contributed by atoms with van der Waals surface area (Å²) in [6.45, 7) is 1.72. The number of carbonyl (C=O) groups excluding carboxylic acids is 2. The fraction of sp³-hybridized carbons (Fsp3) is 0.333. The lowest BCUT2D eigenvalue weighted by atomic mass is 10.2. The van der Waals surface area contributed by atoms with Gasteiger partial charge < -0.3 is 4.90 Å². The maximum absolute atomic E-state index is 11.7. The second kappa shape index (κ2) is 5.89. The van der Waals surface area contributed by atoms with Gasteiger partial charge in [-0.25, -0.2) is 0 Å². The molecule has 0 unspecified atom stereocenters. The Labute approximate surface area is 101 Å². The summed E-state index contributed by atoms with van der Waals surface area (Å²) in [5, 5.41) is 0. The third-order valence-corrected chi connectivity index (χ3v) is 2.26. The zero-order valence-corrected chi connectivity index (χ0v) is 10.3. The Hall–Kier alpha value is -2.04. The van der Waals surface area contributed by atoms with E-state index in [1.165, 1.54) is 0 Å². The summed E-state index contributed by atoms with van der Waals surface area (Å²) in [7, 11) is 3.80. The van der Waals surface area contributed by atoms with Gasteiger partial charge in [0.25, 0.3) is 5.91 Å². The summed E-state index contributed by atoms with van der Waals surface area (Å²) in [5.41, 5.74) is 6.12. The number of rotatable bonds is 3.